The van der Waals surface area contributed by atoms with Crippen LogP contribution in [0.15, 0.2) is 23.1 Å². The van der Waals surface area contributed by atoms with E-state index in [1.165, 1.54) is 0 Å². The van der Waals surface area contributed by atoms with E-state index in [-0.39, 0.29) is 26.1 Å². The highest BCUT2D eigenvalue weighted by atomic mass is 32.2. The summed E-state index contributed by atoms with van der Waals surface area (Å²) in [5, 5.41) is 9.28. The molecule has 1 aromatic carbocycles. The highest BCUT2D eigenvalue weighted by Crippen LogP contribution is 2.24. The lowest BCUT2D eigenvalue weighted by Gasteiger charge is -2.33. The van der Waals surface area contributed by atoms with Crippen LogP contribution in [-0.4, -0.2) is 38.2 Å². The molecule has 0 atom stereocenters. The number of rotatable bonds is 4. The Morgan fingerprint density at radius 3 is 2.19 bits per heavy atom. The first-order chi connectivity index (χ1) is 9.75. The van der Waals surface area contributed by atoms with Crippen LogP contribution >= 0.6 is 0 Å². The topological polar surface area (TPSA) is 92.7 Å². The number of carboxylic acids is 1. The molecule has 1 aromatic rings. The molecule has 0 spiro atoms. The quantitative estimate of drug-likeness (QED) is 0.859. The molecule has 2 N–H and O–H groups in total. The molecule has 0 unspecified atom stereocenters. The van der Waals surface area contributed by atoms with Gasteiger partial charge in [0.25, 0.3) is 0 Å². The molecule has 2 rings (SSSR count). The van der Waals surface area contributed by atoms with Crippen LogP contribution in [0.25, 0.3) is 0 Å². The number of halogens is 2. The SMILES string of the molecule is O=C(O)C1(NS(=O)(=O)c2cc(F)cc(F)c2)CCOCC1. The Hall–Kier alpha value is -1.58. The third-order valence-corrected chi connectivity index (χ3v) is 4.75. The number of nitrogens with one attached hydrogen (secondary N) is 1. The van der Waals surface area contributed by atoms with Crippen LogP contribution in [0.1, 0.15) is 12.8 Å². The molecule has 0 aliphatic carbocycles. The molecule has 0 radical (unpaired) electrons. The maximum Gasteiger partial charge on any atom is 0.325 e. The minimum absolute atomic E-state index is 0.0701. The molecule has 1 aliphatic rings. The zero-order valence-corrected chi connectivity index (χ0v) is 11.6. The second-order valence-electron chi connectivity index (χ2n) is 4.71. The number of ether oxygens (including phenoxy) is 1. The van der Waals surface area contributed by atoms with Crippen molar-refractivity contribution in [1.82, 2.24) is 4.72 Å². The van der Waals surface area contributed by atoms with E-state index in [4.69, 9.17) is 4.74 Å². The van der Waals surface area contributed by atoms with Gasteiger partial charge in [-0.2, -0.15) is 4.72 Å². The van der Waals surface area contributed by atoms with Gasteiger partial charge in [0.15, 0.2) is 0 Å². The molecular formula is C12H13F2NO5S. The Bertz CT molecular complexity index is 635. The summed E-state index contributed by atoms with van der Waals surface area (Å²) >= 11 is 0. The first-order valence-electron chi connectivity index (χ1n) is 6.06. The number of aliphatic carboxylic acids is 1. The number of hydrogen-bond acceptors (Lipinski definition) is 4. The van der Waals surface area contributed by atoms with Gasteiger partial charge in [-0.25, -0.2) is 17.2 Å². The summed E-state index contributed by atoms with van der Waals surface area (Å²) in [7, 11) is -4.37. The molecule has 116 valence electrons. The van der Waals surface area contributed by atoms with Crippen molar-refractivity contribution >= 4 is 16.0 Å². The van der Waals surface area contributed by atoms with Gasteiger partial charge in [-0.15, -0.1) is 0 Å². The van der Waals surface area contributed by atoms with E-state index in [1.54, 1.807) is 0 Å². The summed E-state index contributed by atoms with van der Waals surface area (Å²) in [4.78, 5) is 10.7. The van der Waals surface area contributed by atoms with E-state index in [2.05, 4.69) is 0 Å². The van der Waals surface area contributed by atoms with Crippen molar-refractivity contribution in [1.29, 1.82) is 0 Å². The van der Waals surface area contributed by atoms with Gasteiger partial charge < -0.3 is 9.84 Å². The first kappa shape index (κ1) is 15.8. The van der Waals surface area contributed by atoms with Crippen molar-refractivity contribution in [2.75, 3.05) is 13.2 Å². The predicted molar refractivity (Wildman–Crippen MR) is 67.1 cm³/mol. The van der Waals surface area contributed by atoms with Crippen LogP contribution < -0.4 is 4.72 Å². The molecule has 1 saturated heterocycles. The third kappa shape index (κ3) is 3.36. The van der Waals surface area contributed by atoms with Gasteiger partial charge in [0, 0.05) is 32.1 Å². The Labute approximate surface area is 119 Å². The minimum atomic E-state index is -4.37. The Morgan fingerprint density at radius 2 is 1.71 bits per heavy atom. The monoisotopic (exact) mass is 321 g/mol. The van der Waals surface area contributed by atoms with E-state index in [1.807, 2.05) is 4.72 Å². The molecular weight excluding hydrogens is 308 g/mol. The second kappa shape index (κ2) is 5.66. The lowest BCUT2D eigenvalue weighted by Crippen LogP contribution is -2.57. The van der Waals surface area contributed by atoms with Gasteiger partial charge >= 0.3 is 5.97 Å². The molecule has 9 heteroatoms. The number of hydrogen-bond donors (Lipinski definition) is 2. The van der Waals surface area contributed by atoms with Gasteiger partial charge in [0.05, 0.1) is 4.90 Å². The highest BCUT2D eigenvalue weighted by Gasteiger charge is 2.44. The lowest BCUT2D eigenvalue weighted by atomic mass is 9.92. The summed E-state index contributed by atoms with van der Waals surface area (Å²) in [6.07, 6.45) is -0.140. The molecule has 0 saturated carbocycles. The standard InChI is InChI=1S/C12H13F2NO5S/c13-8-5-9(14)7-10(6-8)21(18,19)15-12(11(16)17)1-3-20-4-2-12/h5-7,15H,1-4H2,(H,16,17). The maximum atomic E-state index is 13.1. The Morgan fingerprint density at radius 1 is 1.19 bits per heavy atom. The first-order valence-corrected chi connectivity index (χ1v) is 7.55. The smallest absolute Gasteiger partial charge is 0.325 e. The van der Waals surface area contributed by atoms with Gasteiger partial charge in [-0.05, 0) is 12.1 Å². The van der Waals surface area contributed by atoms with Crippen LogP contribution in [0.2, 0.25) is 0 Å². The van der Waals surface area contributed by atoms with Gasteiger partial charge in [0.1, 0.15) is 17.2 Å². The van der Waals surface area contributed by atoms with Gasteiger partial charge in [-0.1, -0.05) is 0 Å². The normalized spacial score (nSPS) is 18.4. The average molecular weight is 321 g/mol. The van der Waals surface area contributed by atoms with Crippen molar-refractivity contribution in [3.05, 3.63) is 29.8 Å². The third-order valence-electron chi connectivity index (χ3n) is 3.23. The van der Waals surface area contributed by atoms with Crippen molar-refractivity contribution in [2.45, 2.75) is 23.3 Å². The highest BCUT2D eigenvalue weighted by molar-refractivity contribution is 7.89. The Kier molecular flexibility index (Phi) is 4.26. The molecule has 1 heterocycles. The zero-order valence-electron chi connectivity index (χ0n) is 10.8. The van der Waals surface area contributed by atoms with Gasteiger partial charge in [0.2, 0.25) is 10.0 Å². The van der Waals surface area contributed by atoms with Crippen molar-refractivity contribution in [2.24, 2.45) is 0 Å². The predicted octanol–water partition coefficient (Wildman–Crippen LogP) is 0.877. The van der Waals surface area contributed by atoms with Crippen molar-refractivity contribution in [3.63, 3.8) is 0 Å². The fraction of sp³-hybridized carbons (Fsp3) is 0.417. The largest absolute Gasteiger partial charge is 0.480 e. The van der Waals surface area contributed by atoms with Crippen LogP contribution in [0.5, 0.6) is 0 Å². The fourth-order valence-electron chi connectivity index (χ4n) is 2.08. The maximum absolute atomic E-state index is 13.1. The number of carbonyl (C=O) groups is 1. The molecule has 1 fully saturated rings. The zero-order chi connectivity index (χ0) is 15.7. The minimum Gasteiger partial charge on any atom is -0.480 e. The lowest BCUT2D eigenvalue weighted by molar-refractivity contribution is -0.147. The summed E-state index contributed by atoms with van der Waals surface area (Å²) in [6, 6.07) is 1.78. The number of benzene rings is 1. The van der Waals surface area contributed by atoms with Crippen molar-refractivity contribution < 1.29 is 31.8 Å². The van der Waals surface area contributed by atoms with Crippen LogP contribution in [0.4, 0.5) is 8.78 Å². The average Bonchev–Trinajstić information content (AvgIpc) is 2.38. The van der Waals surface area contributed by atoms with E-state index < -0.39 is 38.1 Å². The second-order valence-corrected chi connectivity index (χ2v) is 6.39. The van der Waals surface area contributed by atoms with E-state index in [0.29, 0.717) is 18.2 Å². The molecule has 1 aliphatic heterocycles. The van der Waals surface area contributed by atoms with Crippen LogP contribution in [0, 0.1) is 11.6 Å². The molecule has 0 bridgehead atoms. The van der Waals surface area contributed by atoms with Gasteiger partial charge in [-0.3, -0.25) is 4.79 Å². The summed E-state index contributed by atoms with van der Waals surface area (Å²) in [6.45, 7) is 0.151. The van der Waals surface area contributed by atoms with Crippen molar-refractivity contribution in [3.8, 4) is 0 Å². The van der Waals surface area contributed by atoms with E-state index >= 15 is 0 Å². The van der Waals surface area contributed by atoms with Crippen LogP contribution in [0.3, 0.4) is 0 Å². The van der Waals surface area contributed by atoms with Crippen LogP contribution in [-0.2, 0) is 19.6 Å². The fourth-order valence-corrected chi connectivity index (χ4v) is 3.54. The number of sulfonamides is 1. The summed E-state index contributed by atoms with van der Waals surface area (Å²) < 4.78 is 57.6. The summed E-state index contributed by atoms with van der Waals surface area (Å²) in [5.74, 6) is -3.48. The summed E-state index contributed by atoms with van der Waals surface area (Å²) in [5.41, 5.74) is -1.74. The molecule has 0 amide bonds. The molecule has 21 heavy (non-hydrogen) atoms. The molecule has 6 nitrogen and oxygen atoms in total. The van der Waals surface area contributed by atoms with E-state index in [9.17, 15) is 27.1 Å². The Balaban J connectivity index is 2.37. The van der Waals surface area contributed by atoms with E-state index in [0.717, 1.165) is 0 Å². The molecule has 0 aromatic heterocycles. The number of carboxylic acid groups (broad SMARTS) is 1.